The van der Waals surface area contributed by atoms with Gasteiger partial charge in [-0.05, 0) is 76.9 Å². The Morgan fingerprint density at radius 2 is 1.43 bits per heavy atom. The van der Waals surface area contributed by atoms with Crippen LogP contribution in [0.3, 0.4) is 0 Å². The number of methoxy groups -OCH3 is 1. The van der Waals surface area contributed by atoms with E-state index in [9.17, 15) is 13.2 Å². The van der Waals surface area contributed by atoms with E-state index in [4.69, 9.17) is 16.3 Å². The molecule has 0 bridgehead atoms. The van der Waals surface area contributed by atoms with Gasteiger partial charge in [-0.15, -0.1) is 0 Å². The maximum Gasteiger partial charge on any atom is 0.309 e. The molecule has 1 heterocycles. The van der Waals surface area contributed by atoms with Gasteiger partial charge in [0.15, 0.2) is 0 Å². The highest BCUT2D eigenvalue weighted by molar-refractivity contribution is 9.10. The fraction of sp³-hybridized carbons (Fsp3) is 0.214. The Hall–Kier alpha value is -4.21. The number of rotatable bonds is 15. The van der Waals surface area contributed by atoms with Crippen molar-refractivity contribution in [3.8, 4) is 0 Å². The molecule has 262 valence electrons. The van der Waals surface area contributed by atoms with Crippen LogP contribution in [0.1, 0.15) is 51.5 Å². The highest BCUT2D eigenvalue weighted by atomic mass is 79.9. The van der Waals surface area contributed by atoms with Gasteiger partial charge in [0.2, 0.25) is 10.0 Å². The van der Waals surface area contributed by atoms with Crippen LogP contribution in [-0.4, -0.2) is 32.6 Å². The number of aryl methyl sites for hydroxylation is 2. The van der Waals surface area contributed by atoms with Crippen molar-refractivity contribution in [3.63, 3.8) is 0 Å². The number of hydrogen-bond donors (Lipinski definition) is 1. The molecule has 0 unspecified atom stereocenters. The lowest BCUT2D eigenvalue weighted by molar-refractivity contribution is -0.139. The molecular formula is C42H40BrClN2O4S. The predicted octanol–water partition coefficient (Wildman–Crippen LogP) is 9.25. The van der Waals surface area contributed by atoms with E-state index in [1.54, 1.807) is 0 Å². The van der Waals surface area contributed by atoms with E-state index in [0.29, 0.717) is 17.0 Å². The summed E-state index contributed by atoms with van der Waals surface area (Å²) in [6.07, 6.45) is 3.20. The SMILES string of the molecule is COC(=O)Cc1ccc(CCCc2c(CCNS(=O)(=O)Cc3ccccc3Br)n(C(c3ccccc3)c3ccccc3)c3ccc(Cl)cc23)cc1. The molecule has 6 nitrogen and oxygen atoms in total. The number of hydrogen-bond acceptors (Lipinski definition) is 4. The zero-order chi connectivity index (χ0) is 35.8. The summed E-state index contributed by atoms with van der Waals surface area (Å²) in [5.41, 5.74) is 8.35. The average Bonchev–Trinajstić information content (AvgIpc) is 3.42. The van der Waals surface area contributed by atoms with E-state index in [1.165, 1.54) is 12.7 Å². The second-order valence-electron chi connectivity index (χ2n) is 12.6. The quantitative estimate of drug-likeness (QED) is 0.105. The first-order valence-corrected chi connectivity index (χ1v) is 19.8. The number of carbonyl (C=O) groups excluding carboxylic acids is 1. The molecule has 0 aliphatic rings. The number of fused-ring (bicyclic) bond motifs is 1. The highest BCUT2D eigenvalue weighted by Gasteiger charge is 2.26. The normalized spacial score (nSPS) is 11.7. The summed E-state index contributed by atoms with van der Waals surface area (Å²) in [4.78, 5) is 11.7. The minimum absolute atomic E-state index is 0.116. The molecule has 0 aliphatic carbocycles. The van der Waals surface area contributed by atoms with Gasteiger partial charge in [-0.3, -0.25) is 4.79 Å². The van der Waals surface area contributed by atoms with Gasteiger partial charge in [-0.25, -0.2) is 13.1 Å². The van der Waals surface area contributed by atoms with E-state index in [2.05, 4.69) is 91.9 Å². The molecule has 0 amide bonds. The lowest BCUT2D eigenvalue weighted by atomic mass is 9.97. The van der Waals surface area contributed by atoms with Crippen molar-refractivity contribution in [3.05, 3.63) is 176 Å². The Morgan fingerprint density at radius 1 is 0.804 bits per heavy atom. The lowest BCUT2D eigenvalue weighted by Gasteiger charge is -2.25. The Balaban J connectivity index is 1.37. The maximum atomic E-state index is 13.4. The number of nitrogens with one attached hydrogen (secondary N) is 1. The van der Waals surface area contributed by atoms with Crippen LogP contribution in [0.4, 0.5) is 0 Å². The van der Waals surface area contributed by atoms with Crippen LogP contribution in [0.15, 0.2) is 132 Å². The standard InChI is InChI=1S/C42H40BrClN2O4S/c1-50-41(47)27-31-21-19-30(20-22-31)11-10-17-36-37-28-35(44)23-24-39(37)46(42(32-12-4-2-5-13-32)33-14-6-3-7-15-33)40(36)25-26-45-51(48,49)29-34-16-8-9-18-38(34)43/h2-9,12-16,18-24,28,42,45H,10-11,17,25-27,29H2,1H3. The maximum absolute atomic E-state index is 13.4. The van der Waals surface area contributed by atoms with E-state index in [0.717, 1.165) is 62.6 Å². The van der Waals surface area contributed by atoms with Crippen LogP contribution in [0.25, 0.3) is 10.9 Å². The number of ether oxygens (including phenoxy) is 1. The summed E-state index contributed by atoms with van der Waals surface area (Å²) in [7, 11) is -2.22. The van der Waals surface area contributed by atoms with E-state index < -0.39 is 10.0 Å². The number of halogens is 2. The molecule has 1 aromatic heterocycles. The first-order valence-electron chi connectivity index (χ1n) is 17.0. The molecule has 6 rings (SSSR count). The zero-order valence-electron chi connectivity index (χ0n) is 28.4. The predicted molar refractivity (Wildman–Crippen MR) is 210 cm³/mol. The Kier molecular flexibility index (Phi) is 12.1. The largest absolute Gasteiger partial charge is 0.469 e. The molecule has 0 radical (unpaired) electrons. The van der Waals surface area contributed by atoms with Crippen molar-refractivity contribution in [1.82, 2.24) is 9.29 Å². The van der Waals surface area contributed by atoms with Crippen molar-refractivity contribution in [2.45, 2.75) is 43.9 Å². The molecule has 0 fully saturated rings. The van der Waals surface area contributed by atoms with E-state index >= 15 is 0 Å². The molecule has 9 heteroatoms. The summed E-state index contributed by atoms with van der Waals surface area (Å²) in [5, 5.41) is 1.72. The smallest absolute Gasteiger partial charge is 0.309 e. The number of sulfonamides is 1. The van der Waals surface area contributed by atoms with Crippen LogP contribution in [0.5, 0.6) is 0 Å². The molecule has 1 N–H and O–H groups in total. The van der Waals surface area contributed by atoms with Gasteiger partial charge < -0.3 is 9.30 Å². The molecule has 6 aromatic rings. The first-order chi connectivity index (χ1) is 24.7. The van der Waals surface area contributed by atoms with Crippen LogP contribution >= 0.6 is 27.5 Å². The first kappa shape index (κ1) is 36.6. The molecule has 51 heavy (non-hydrogen) atoms. The third-order valence-electron chi connectivity index (χ3n) is 9.15. The molecule has 0 saturated heterocycles. The van der Waals surface area contributed by atoms with Crippen molar-refractivity contribution in [2.75, 3.05) is 13.7 Å². The molecule has 0 aliphatic heterocycles. The fourth-order valence-electron chi connectivity index (χ4n) is 6.74. The summed E-state index contributed by atoms with van der Waals surface area (Å²) in [5.74, 6) is -0.376. The highest BCUT2D eigenvalue weighted by Crippen LogP contribution is 2.38. The summed E-state index contributed by atoms with van der Waals surface area (Å²) in [6.45, 7) is 0.238. The van der Waals surface area contributed by atoms with Crippen molar-refractivity contribution in [1.29, 1.82) is 0 Å². The van der Waals surface area contributed by atoms with Gasteiger partial charge in [0.1, 0.15) is 0 Å². The monoisotopic (exact) mass is 782 g/mol. The summed E-state index contributed by atoms with van der Waals surface area (Å²) in [6, 6.07) is 42.2. The Morgan fingerprint density at radius 3 is 2.08 bits per heavy atom. The van der Waals surface area contributed by atoms with Gasteiger partial charge in [0, 0.05) is 39.1 Å². The Bertz CT molecular complexity index is 2170. The minimum atomic E-state index is -3.62. The number of carbonyl (C=O) groups is 1. The third kappa shape index (κ3) is 9.18. The van der Waals surface area contributed by atoms with E-state index in [-0.39, 0.29) is 30.7 Å². The third-order valence-corrected chi connectivity index (χ3v) is 11.5. The van der Waals surface area contributed by atoms with Gasteiger partial charge in [0.05, 0.1) is 25.3 Å². The topological polar surface area (TPSA) is 77.4 Å². The molecule has 0 atom stereocenters. The van der Waals surface area contributed by atoms with Crippen LogP contribution < -0.4 is 4.72 Å². The van der Waals surface area contributed by atoms with Crippen molar-refractivity contribution < 1.29 is 17.9 Å². The number of aromatic nitrogens is 1. The molecule has 5 aromatic carbocycles. The number of benzene rings is 5. The molecular weight excluding hydrogens is 744 g/mol. The van der Waals surface area contributed by atoms with E-state index in [1.807, 2.05) is 60.7 Å². The van der Waals surface area contributed by atoms with Crippen LogP contribution in [-0.2, 0) is 51.0 Å². The van der Waals surface area contributed by atoms with Gasteiger partial charge in [0.25, 0.3) is 0 Å². The van der Waals surface area contributed by atoms with Crippen LogP contribution in [0.2, 0.25) is 5.02 Å². The fourth-order valence-corrected chi connectivity index (χ4v) is 8.70. The van der Waals surface area contributed by atoms with Gasteiger partial charge in [-0.1, -0.05) is 131 Å². The van der Waals surface area contributed by atoms with Crippen molar-refractivity contribution >= 4 is 54.4 Å². The zero-order valence-corrected chi connectivity index (χ0v) is 31.6. The summed E-state index contributed by atoms with van der Waals surface area (Å²) >= 11 is 10.2. The average molecular weight is 784 g/mol. The van der Waals surface area contributed by atoms with Crippen LogP contribution in [0, 0.1) is 0 Å². The molecule has 0 spiro atoms. The van der Waals surface area contributed by atoms with Gasteiger partial charge >= 0.3 is 5.97 Å². The second-order valence-corrected chi connectivity index (χ2v) is 15.7. The minimum Gasteiger partial charge on any atom is -0.469 e. The molecule has 0 saturated carbocycles. The van der Waals surface area contributed by atoms with Crippen molar-refractivity contribution in [2.24, 2.45) is 0 Å². The second kappa shape index (κ2) is 16.9. The number of esters is 1. The lowest BCUT2D eigenvalue weighted by Crippen LogP contribution is -2.28. The van der Waals surface area contributed by atoms with Gasteiger partial charge in [-0.2, -0.15) is 0 Å². The summed E-state index contributed by atoms with van der Waals surface area (Å²) < 4.78 is 37.6. The number of nitrogens with zero attached hydrogens (tertiary/aromatic N) is 1. The Labute approximate surface area is 313 Å².